The van der Waals surface area contributed by atoms with Gasteiger partial charge in [0.2, 0.25) is 0 Å². The van der Waals surface area contributed by atoms with Crippen LogP contribution in [0.25, 0.3) is 0 Å². The van der Waals surface area contributed by atoms with Crippen LogP contribution in [0, 0.1) is 5.92 Å². The van der Waals surface area contributed by atoms with Crippen molar-refractivity contribution in [2.45, 2.75) is 25.7 Å². The molecular formula is C9H16F6N2. The number of nitrogens with zero attached hydrogens (tertiary/aromatic N) is 1. The number of hydrogen-bond acceptors (Lipinski definition) is 2. The van der Waals surface area contributed by atoms with Crippen LogP contribution in [0.1, 0.15) is 13.3 Å². The molecule has 0 aliphatic rings. The lowest BCUT2D eigenvalue weighted by Crippen LogP contribution is -2.44. The second-order valence-electron chi connectivity index (χ2n) is 3.82. The lowest BCUT2D eigenvalue weighted by molar-refractivity contribution is -0.186. The van der Waals surface area contributed by atoms with Gasteiger partial charge in [0, 0.05) is 13.1 Å². The van der Waals surface area contributed by atoms with E-state index in [4.69, 9.17) is 5.73 Å². The second-order valence-corrected chi connectivity index (χ2v) is 3.82. The molecule has 0 heterocycles. The lowest BCUT2D eigenvalue weighted by atomic mass is 10.1. The Labute approximate surface area is 95.8 Å². The molecule has 0 saturated heterocycles. The highest BCUT2D eigenvalue weighted by atomic mass is 19.4. The number of rotatable bonds is 6. The van der Waals surface area contributed by atoms with E-state index in [1.165, 1.54) is 0 Å². The largest absolute Gasteiger partial charge is 0.401 e. The molecule has 0 spiro atoms. The lowest BCUT2D eigenvalue weighted by Gasteiger charge is -2.28. The Kier molecular flexibility index (Phi) is 6.25. The van der Waals surface area contributed by atoms with E-state index in [1.807, 2.05) is 0 Å². The average Bonchev–Trinajstić information content (AvgIpc) is 2.09. The van der Waals surface area contributed by atoms with Crippen LogP contribution >= 0.6 is 0 Å². The summed E-state index contributed by atoms with van der Waals surface area (Å²) in [6, 6.07) is 0. The number of hydrogen-bond donors (Lipinski definition) is 1. The Morgan fingerprint density at radius 1 is 1.12 bits per heavy atom. The highest BCUT2D eigenvalue weighted by Gasteiger charge is 2.41. The van der Waals surface area contributed by atoms with Crippen LogP contribution in [0.3, 0.4) is 0 Å². The normalized spacial score (nSPS) is 15.4. The zero-order valence-electron chi connectivity index (χ0n) is 9.41. The van der Waals surface area contributed by atoms with Crippen molar-refractivity contribution < 1.29 is 26.3 Å². The van der Waals surface area contributed by atoms with Crippen LogP contribution < -0.4 is 5.73 Å². The van der Waals surface area contributed by atoms with E-state index in [1.54, 1.807) is 6.92 Å². The molecule has 0 rings (SSSR count). The highest BCUT2D eigenvalue weighted by Crippen LogP contribution is 2.27. The molecule has 0 aromatic carbocycles. The summed E-state index contributed by atoms with van der Waals surface area (Å²) in [6.45, 7) is -1.19. The first kappa shape index (κ1) is 16.5. The maximum Gasteiger partial charge on any atom is 0.401 e. The van der Waals surface area contributed by atoms with Gasteiger partial charge in [-0.15, -0.1) is 0 Å². The van der Waals surface area contributed by atoms with Crippen LogP contribution in [0.4, 0.5) is 26.3 Å². The van der Waals surface area contributed by atoms with Gasteiger partial charge in [0.25, 0.3) is 0 Å². The zero-order chi connectivity index (χ0) is 13.7. The summed E-state index contributed by atoms with van der Waals surface area (Å²) in [5.41, 5.74) is 4.94. The third kappa shape index (κ3) is 7.43. The molecule has 0 aromatic rings. The van der Waals surface area contributed by atoms with Crippen LogP contribution in [0.5, 0.6) is 0 Å². The molecule has 0 bridgehead atoms. The molecule has 0 radical (unpaired) electrons. The van der Waals surface area contributed by atoms with Crippen molar-refractivity contribution >= 4 is 0 Å². The van der Waals surface area contributed by atoms with Crippen LogP contribution in [0.2, 0.25) is 0 Å². The zero-order valence-corrected chi connectivity index (χ0v) is 9.41. The fourth-order valence-electron chi connectivity index (χ4n) is 1.43. The number of halogens is 6. The Balaban J connectivity index is 4.51. The van der Waals surface area contributed by atoms with Gasteiger partial charge in [-0.25, -0.2) is 0 Å². The number of alkyl halides is 6. The van der Waals surface area contributed by atoms with Gasteiger partial charge in [-0.1, -0.05) is 6.92 Å². The first-order valence-corrected chi connectivity index (χ1v) is 5.16. The van der Waals surface area contributed by atoms with Gasteiger partial charge < -0.3 is 5.73 Å². The van der Waals surface area contributed by atoms with Crippen molar-refractivity contribution in [3.8, 4) is 0 Å². The topological polar surface area (TPSA) is 29.3 Å². The van der Waals surface area contributed by atoms with Gasteiger partial charge in [-0.2, -0.15) is 26.3 Å². The third-order valence-electron chi connectivity index (χ3n) is 2.17. The fourth-order valence-corrected chi connectivity index (χ4v) is 1.43. The Hall–Kier alpha value is -0.500. The van der Waals surface area contributed by atoms with Crippen molar-refractivity contribution in [1.29, 1.82) is 0 Å². The van der Waals surface area contributed by atoms with Gasteiger partial charge in [0.15, 0.2) is 0 Å². The summed E-state index contributed by atoms with van der Waals surface area (Å²) in [4.78, 5) is 0.741. The van der Waals surface area contributed by atoms with Gasteiger partial charge in [-0.3, -0.25) is 4.90 Å². The second kappa shape index (κ2) is 6.44. The molecule has 0 aliphatic carbocycles. The van der Waals surface area contributed by atoms with E-state index in [9.17, 15) is 26.3 Å². The van der Waals surface area contributed by atoms with Crippen LogP contribution in [-0.4, -0.2) is 43.4 Å². The fraction of sp³-hybridized carbons (Fsp3) is 1.00. The predicted octanol–water partition coefficient (Wildman–Crippen LogP) is 2.40. The molecule has 2 N–H and O–H groups in total. The van der Waals surface area contributed by atoms with E-state index >= 15 is 0 Å². The van der Waals surface area contributed by atoms with Crippen molar-refractivity contribution in [2.75, 3.05) is 26.2 Å². The average molecular weight is 266 g/mol. The molecule has 0 fully saturated rings. The van der Waals surface area contributed by atoms with Gasteiger partial charge in [-0.05, 0) is 13.0 Å². The minimum atomic E-state index is -4.56. The number of nitrogens with two attached hydrogens (primary N) is 1. The molecule has 8 heteroatoms. The minimum absolute atomic E-state index is 0.0356. The molecule has 104 valence electrons. The molecule has 0 amide bonds. The molecule has 17 heavy (non-hydrogen) atoms. The summed E-state index contributed by atoms with van der Waals surface area (Å²) >= 11 is 0. The predicted molar refractivity (Wildman–Crippen MR) is 51.4 cm³/mol. The van der Waals surface area contributed by atoms with E-state index in [0.29, 0.717) is 6.42 Å². The molecule has 0 aliphatic heterocycles. The first-order valence-electron chi connectivity index (χ1n) is 5.16. The van der Waals surface area contributed by atoms with E-state index in [2.05, 4.69) is 0 Å². The standard InChI is InChI=1S/C9H16F6N2/c1-2-3-17(6-8(10,11)12)5-7(4-16)9(13,14)15/h7H,2-6,16H2,1H3. The molecule has 2 nitrogen and oxygen atoms in total. The van der Waals surface area contributed by atoms with E-state index in [-0.39, 0.29) is 6.54 Å². The monoisotopic (exact) mass is 266 g/mol. The maximum atomic E-state index is 12.4. The SMILES string of the molecule is CCCN(CC(CN)C(F)(F)F)CC(F)(F)F. The summed E-state index contributed by atoms with van der Waals surface area (Å²) in [5.74, 6) is -1.92. The smallest absolute Gasteiger partial charge is 0.330 e. The highest BCUT2D eigenvalue weighted by molar-refractivity contribution is 4.74. The Bertz CT molecular complexity index is 213. The molecule has 1 unspecified atom stereocenters. The van der Waals surface area contributed by atoms with Crippen molar-refractivity contribution in [3.05, 3.63) is 0 Å². The van der Waals surface area contributed by atoms with Gasteiger partial charge >= 0.3 is 12.4 Å². The summed E-state index contributed by atoms with van der Waals surface area (Å²) in [5, 5.41) is 0. The van der Waals surface area contributed by atoms with Crippen molar-refractivity contribution in [3.63, 3.8) is 0 Å². The van der Waals surface area contributed by atoms with Crippen molar-refractivity contribution in [2.24, 2.45) is 11.7 Å². The maximum absolute atomic E-state index is 12.4. The third-order valence-corrected chi connectivity index (χ3v) is 2.17. The van der Waals surface area contributed by atoms with Gasteiger partial charge in [0.05, 0.1) is 12.5 Å². The van der Waals surface area contributed by atoms with Crippen molar-refractivity contribution in [1.82, 2.24) is 4.90 Å². The molecule has 1 atom stereocenters. The van der Waals surface area contributed by atoms with Crippen LogP contribution in [0.15, 0.2) is 0 Å². The molecule has 0 aromatic heterocycles. The molecule has 0 saturated carbocycles. The summed E-state index contributed by atoms with van der Waals surface area (Å²) in [7, 11) is 0. The first-order chi connectivity index (χ1) is 7.60. The van der Waals surface area contributed by atoms with Crippen LogP contribution in [-0.2, 0) is 0 Å². The van der Waals surface area contributed by atoms with Gasteiger partial charge in [0.1, 0.15) is 0 Å². The summed E-state index contributed by atoms with van der Waals surface area (Å²) in [6.07, 6.45) is -8.71. The van der Waals surface area contributed by atoms with E-state index in [0.717, 1.165) is 4.90 Å². The summed E-state index contributed by atoms with van der Waals surface area (Å²) < 4.78 is 73.5. The Morgan fingerprint density at radius 3 is 1.94 bits per heavy atom. The quantitative estimate of drug-likeness (QED) is 0.748. The Morgan fingerprint density at radius 2 is 1.65 bits per heavy atom. The molecular weight excluding hydrogens is 250 g/mol. The minimum Gasteiger partial charge on any atom is -0.330 e. The van der Waals surface area contributed by atoms with E-state index < -0.39 is 37.9 Å².